The number of hydrogen-bond donors (Lipinski definition) is 0. The monoisotopic (exact) mass is 306 g/mol. The van der Waals surface area contributed by atoms with Crippen molar-refractivity contribution in [2.45, 2.75) is 6.55 Å². The molecular weight excluding hydrogens is 288 g/mol. The normalized spacial score (nSPS) is 10.8. The molecular formula is C17H18FeSi. The van der Waals surface area contributed by atoms with Gasteiger partial charge in [0.05, 0.1) is 0 Å². The molecule has 0 fully saturated rings. The van der Waals surface area contributed by atoms with E-state index in [1.54, 1.807) is 0 Å². The van der Waals surface area contributed by atoms with Gasteiger partial charge in [0.25, 0.3) is 0 Å². The molecule has 0 saturated heterocycles. The average Bonchev–Trinajstić information content (AvgIpc) is 3.14. The van der Waals surface area contributed by atoms with E-state index in [4.69, 9.17) is 0 Å². The number of hydrogen-bond acceptors (Lipinski definition) is 0. The second-order valence-corrected chi connectivity index (χ2v) is 7.09. The van der Waals surface area contributed by atoms with Crippen molar-refractivity contribution in [2.24, 2.45) is 0 Å². The Morgan fingerprint density at radius 3 is 1.89 bits per heavy atom. The first-order valence-electron chi connectivity index (χ1n) is 6.31. The molecule has 0 N–H and O–H groups in total. The fourth-order valence-corrected chi connectivity index (χ4v) is 3.92. The Kier molecular flexibility index (Phi) is 7.20. The number of rotatable bonds is 2. The second-order valence-electron chi connectivity index (χ2n) is 4.31. The van der Waals surface area contributed by atoms with Gasteiger partial charge >= 0.3 is 17.1 Å². The molecule has 0 bridgehead atoms. The Morgan fingerprint density at radius 1 is 0.842 bits per heavy atom. The van der Waals surface area contributed by atoms with E-state index in [0.717, 1.165) is 0 Å². The minimum absolute atomic E-state index is 0. The van der Waals surface area contributed by atoms with Gasteiger partial charge in [-0.2, -0.15) is 35.5 Å². The summed E-state index contributed by atoms with van der Waals surface area (Å²) in [5, 5.41) is 3.06. The standard InChI is InChI=1S/C12H13Si.C5H5.Fe/c1-13(12-9-5-6-10-12)11-7-3-2-4-8-11;1-2-4-5-3-1;/h2-10,13H,1H3;1-5H;/q2*-1;+2. The zero-order chi connectivity index (χ0) is 12.6. The topological polar surface area (TPSA) is 0 Å². The second kappa shape index (κ2) is 8.71. The Morgan fingerprint density at radius 2 is 1.42 bits per heavy atom. The summed E-state index contributed by atoms with van der Waals surface area (Å²) >= 11 is 0. The van der Waals surface area contributed by atoms with Crippen molar-refractivity contribution in [1.29, 1.82) is 0 Å². The van der Waals surface area contributed by atoms with Gasteiger partial charge < -0.3 is 0 Å². The fraction of sp³-hybridized carbons (Fsp3) is 0.0588. The quantitative estimate of drug-likeness (QED) is 0.504. The van der Waals surface area contributed by atoms with Crippen molar-refractivity contribution in [3.05, 3.63) is 84.9 Å². The maximum absolute atomic E-state index is 2.38. The van der Waals surface area contributed by atoms with E-state index in [1.165, 1.54) is 10.4 Å². The zero-order valence-electron chi connectivity index (χ0n) is 11.0. The Balaban J connectivity index is 0.000000256. The van der Waals surface area contributed by atoms with E-state index in [9.17, 15) is 0 Å². The first-order chi connectivity index (χ1) is 8.88. The Labute approximate surface area is 127 Å². The minimum Gasteiger partial charge on any atom is -0.214 e. The van der Waals surface area contributed by atoms with Gasteiger partial charge in [-0.1, -0.05) is 42.1 Å². The molecule has 0 aromatic heterocycles. The van der Waals surface area contributed by atoms with Gasteiger partial charge in [0.2, 0.25) is 0 Å². The molecule has 0 nitrogen and oxygen atoms in total. The summed E-state index contributed by atoms with van der Waals surface area (Å²) in [7, 11) is -0.870. The maximum Gasteiger partial charge on any atom is 2.00 e. The average molecular weight is 306 g/mol. The van der Waals surface area contributed by atoms with Crippen LogP contribution in [0.2, 0.25) is 6.55 Å². The third-order valence-electron chi connectivity index (χ3n) is 3.04. The van der Waals surface area contributed by atoms with Crippen LogP contribution in [0.15, 0.2) is 84.9 Å². The summed E-state index contributed by atoms with van der Waals surface area (Å²) in [6.07, 6.45) is 0. The van der Waals surface area contributed by atoms with Crippen LogP contribution in [0.25, 0.3) is 0 Å². The molecule has 0 radical (unpaired) electrons. The summed E-state index contributed by atoms with van der Waals surface area (Å²) in [5.74, 6) is 0. The summed E-state index contributed by atoms with van der Waals surface area (Å²) < 4.78 is 0. The molecule has 0 aliphatic heterocycles. The van der Waals surface area contributed by atoms with Crippen molar-refractivity contribution < 1.29 is 17.1 Å². The molecule has 1 atom stereocenters. The van der Waals surface area contributed by atoms with Crippen molar-refractivity contribution in [2.75, 3.05) is 0 Å². The third kappa shape index (κ3) is 5.04. The summed E-state index contributed by atoms with van der Waals surface area (Å²) in [6, 6.07) is 29.5. The maximum atomic E-state index is 2.38. The van der Waals surface area contributed by atoms with Gasteiger partial charge in [0, 0.05) is 8.80 Å². The molecule has 0 saturated carbocycles. The van der Waals surface area contributed by atoms with Crippen LogP contribution in [0, 0.1) is 0 Å². The first kappa shape index (κ1) is 15.7. The van der Waals surface area contributed by atoms with Gasteiger partial charge in [-0.25, -0.2) is 24.3 Å². The molecule has 1 unspecified atom stereocenters. The summed E-state index contributed by atoms with van der Waals surface area (Å²) in [5.41, 5.74) is 0. The predicted octanol–water partition coefficient (Wildman–Crippen LogP) is 2.78. The largest absolute Gasteiger partial charge is 2.00 e. The van der Waals surface area contributed by atoms with E-state index in [0.29, 0.717) is 0 Å². The van der Waals surface area contributed by atoms with Crippen LogP contribution in [0.4, 0.5) is 0 Å². The van der Waals surface area contributed by atoms with Crippen molar-refractivity contribution in [3.63, 3.8) is 0 Å². The van der Waals surface area contributed by atoms with E-state index in [1.807, 2.05) is 30.3 Å². The molecule has 3 aromatic carbocycles. The van der Waals surface area contributed by atoms with Crippen LogP contribution in [-0.2, 0) is 17.1 Å². The minimum atomic E-state index is -0.870. The summed E-state index contributed by atoms with van der Waals surface area (Å²) in [6.45, 7) is 2.38. The van der Waals surface area contributed by atoms with Crippen molar-refractivity contribution >= 4 is 19.2 Å². The van der Waals surface area contributed by atoms with Crippen LogP contribution in [-0.4, -0.2) is 8.80 Å². The van der Waals surface area contributed by atoms with Gasteiger partial charge in [-0.15, -0.1) is 0 Å². The van der Waals surface area contributed by atoms with E-state index in [2.05, 4.69) is 61.1 Å². The van der Waals surface area contributed by atoms with E-state index in [-0.39, 0.29) is 17.1 Å². The Bertz CT molecular complexity index is 494. The van der Waals surface area contributed by atoms with Crippen molar-refractivity contribution in [1.82, 2.24) is 0 Å². The van der Waals surface area contributed by atoms with Crippen LogP contribution in [0.5, 0.6) is 0 Å². The van der Waals surface area contributed by atoms with E-state index < -0.39 is 8.80 Å². The smallest absolute Gasteiger partial charge is 0.214 e. The van der Waals surface area contributed by atoms with Gasteiger partial charge in [-0.3, -0.25) is 0 Å². The van der Waals surface area contributed by atoms with Crippen LogP contribution >= 0.6 is 0 Å². The Hall–Kier alpha value is -1.34. The zero-order valence-corrected chi connectivity index (χ0v) is 13.3. The van der Waals surface area contributed by atoms with Gasteiger partial charge in [-0.05, 0) is 0 Å². The molecule has 0 heterocycles. The SMILES string of the molecule is C[SiH](c1ccccc1)[c-]1cccc1.[Fe+2].c1cc[cH-]c1. The van der Waals surface area contributed by atoms with Crippen LogP contribution in [0.3, 0.4) is 0 Å². The van der Waals surface area contributed by atoms with Crippen LogP contribution in [0.1, 0.15) is 0 Å². The summed E-state index contributed by atoms with van der Waals surface area (Å²) in [4.78, 5) is 0. The van der Waals surface area contributed by atoms with Crippen LogP contribution < -0.4 is 10.4 Å². The molecule has 3 rings (SSSR count). The molecule has 0 amide bonds. The molecule has 98 valence electrons. The molecule has 0 spiro atoms. The van der Waals surface area contributed by atoms with E-state index >= 15 is 0 Å². The molecule has 0 aliphatic rings. The molecule has 19 heavy (non-hydrogen) atoms. The molecule has 2 heteroatoms. The first-order valence-corrected chi connectivity index (χ1v) is 8.62. The number of benzene rings is 1. The predicted molar refractivity (Wildman–Crippen MR) is 82.8 cm³/mol. The third-order valence-corrected chi connectivity index (χ3v) is 5.81. The van der Waals surface area contributed by atoms with Crippen molar-refractivity contribution in [3.8, 4) is 0 Å². The molecule has 3 aromatic rings. The van der Waals surface area contributed by atoms with Gasteiger partial charge in [0.15, 0.2) is 0 Å². The fourth-order valence-electron chi connectivity index (χ4n) is 1.93. The van der Waals surface area contributed by atoms with Gasteiger partial charge in [0.1, 0.15) is 0 Å². The molecule has 0 aliphatic carbocycles.